The molecule has 1 aromatic rings. The predicted octanol–water partition coefficient (Wildman–Crippen LogP) is 2.96. The third-order valence-corrected chi connectivity index (χ3v) is 5.96. The van der Waals surface area contributed by atoms with Crippen LogP contribution in [0.3, 0.4) is 0 Å². The Balaban J connectivity index is 2.36. The fourth-order valence-corrected chi connectivity index (χ4v) is 4.57. The SMILES string of the molecule is CCC(=O)N(C1CCCCC1)S(=O)(=O)c1ccc(OC)cc1. The van der Waals surface area contributed by atoms with Crippen molar-refractivity contribution in [2.45, 2.75) is 56.4 Å². The van der Waals surface area contributed by atoms with E-state index in [1.54, 1.807) is 19.1 Å². The van der Waals surface area contributed by atoms with E-state index in [0.29, 0.717) is 5.75 Å². The monoisotopic (exact) mass is 325 g/mol. The number of rotatable bonds is 5. The second kappa shape index (κ2) is 7.13. The van der Waals surface area contributed by atoms with Gasteiger partial charge in [-0.25, -0.2) is 12.7 Å². The van der Waals surface area contributed by atoms with Crippen LogP contribution in [0.15, 0.2) is 29.2 Å². The van der Waals surface area contributed by atoms with Gasteiger partial charge in [-0.2, -0.15) is 0 Å². The van der Waals surface area contributed by atoms with Crippen molar-refractivity contribution in [3.8, 4) is 5.75 Å². The van der Waals surface area contributed by atoms with E-state index in [0.717, 1.165) is 36.4 Å². The van der Waals surface area contributed by atoms with Crippen LogP contribution in [0.2, 0.25) is 0 Å². The molecule has 1 fully saturated rings. The van der Waals surface area contributed by atoms with Gasteiger partial charge in [0.05, 0.1) is 12.0 Å². The van der Waals surface area contributed by atoms with Crippen LogP contribution in [0.25, 0.3) is 0 Å². The minimum Gasteiger partial charge on any atom is -0.497 e. The molecule has 0 saturated heterocycles. The average Bonchev–Trinajstić information content (AvgIpc) is 2.55. The zero-order chi connectivity index (χ0) is 16.2. The molecule has 1 saturated carbocycles. The minimum absolute atomic E-state index is 0.140. The molecule has 1 aliphatic carbocycles. The number of ether oxygens (including phenoxy) is 1. The summed E-state index contributed by atoms with van der Waals surface area (Å²) in [7, 11) is -2.28. The maximum atomic E-state index is 12.9. The Morgan fingerprint density at radius 2 is 1.77 bits per heavy atom. The van der Waals surface area contributed by atoms with Crippen molar-refractivity contribution < 1.29 is 17.9 Å². The van der Waals surface area contributed by atoms with Gasteiger partial charge in [-0.1, -0.05) is 26.2 Å². The summed E-state index contributed by atoms with van der Waals surface area (Å²) in [5.74, 6) is 0.257. The quantitative estimate of drug-likeness (QED) is 0.835. The molecule has 122 valence electrons. The number of nitrogens with zero attached hydrogens (tertiary/aromatic N) is 1. The second-order valence-corrected chi connectivity index (χ2v) is 7.33. The molecular formula is C16H23NO4S. The summed E-state index contributed by atoms with van der Waals surface area (Å²) in [6.07, 6.45) is 4.73. The zero-order valence-electron chi connectivity index (χ0n) is 13.1. The average molecular weight is 325 g/mol. The lowest BCUT2D eigenvalue weighted by Crippen LogP contribution is -2.45. The fraction of sp³-hybridized carbons (Fsp3) is 0.562. The summed E-state index contributed by atoms with van der Waals surface area (Å²) in [5.41, 5.74) is 0. The number of hydrogen-bond acceptors (Lipinski definition) is 4. The van der Waals surface area contributed by atoms with Gasteiger partial charge in [-0.15, -0.1) is 0 Å². The summed E-state index contributed by atoms with van der Waals surface area (Å²) in [6.45, 7) is 1.70. The number of hydrogen-bond donors (Lipinski definition) is 0. The van der Waals surface area contributed by atoms with Gasteiger partial charge in [0.15, 0.2) is 0 Å². The molecule has 0 bridgehead atoms. The van der Waals surface area contributed by atoms with E-state index in [1.807, 2.05) is 0 Å². The summed E-state index contributed by atoms with van der Waals surface area (Å²) in [5, 5.41) is 0. The predicted molar refractivity (Wildman–Crippen MR) is 84.2 cm³/mol. The summed E-state index contributed by atoms with van der Waals surface area (Å²) in [6, 6.07) is 5.97. The molecule has 5 nitrogen and oxygen atoms in total. The molecule has 0 aliphatic heterocycles. The number of amides is 1. The third kappa shape index (κ3) is 3.43. The molecule has 22 heavy (non-hydrogen) atoms. The van der Waals surface area contributed by atoms with Crippen LogP contribution in [-0.2, 0) is 14.8 Å². The van der Waals surface area contributed by atoms with Crippen molar-refractivity contribution >= 4 is 15.9 Å². The number of carbonyl (C=O) groups excluding carboxylic acids is 1. The van der Waals surface area contributed by atoms with Crippen LogP contribution in [-0.4, -0.2) is 31.8 Å². The number of benzene rings is 1. The van der Waals surface area contributed by atoms with E-state index in [4.69, 9.17) is 4.74 Å². The van der Waals surface area contributed by atoms with Gasteiger partial charge in [0, 0.05) is 12.5 Å². The molecule has 0 radical (unpaired) electrons. The summed E-state index contributed by atoms with van der Waals surface area (Å²) < 4.78 is 32.0. The van der Waals surface area contributed by atoms with Gasteiger partial charge < -0.3 is 4.74 Å². The van der Waals surface area contributed by atoms with Crippen molar-refractivity contribution in [1.82, 2.24) is 4.31 Å². The van der Waals surface area contributed by atoms with Gasteiger partial charge in [0.1, 0.15) is 5.75 Å². The van der Waals surface area contributed by atoms with Crippen LogP contribution in [0, 0.1) is 0 Å². The lowest BCUT2D eigenvalue weighted by molar-refractivity contribution is -0.128. The molecule has 0 heterocycles. The van der Waals surface area contributed by atoms with E-state index < -0.39 is 10.0 Å². The molecule has 0 aromatic heterocycles. The molecule has 0 atom stereocenters. The lowest BCUT2D eigenvalue weighted by atomic mass is 9.95. The van der Waals surface area contributed by atoms with Crippen LogP contribution in [0.5, 0.6) is 5.75 Å². The molecule has 1 aliphatic rings. The van der Waals surface area contributed by atoms with Crippen molar-refractivity contribution in [2.75, 3.05) is 7.11 Å². The van der Waals surface area contributed by atoms with Crippen LogP contribution in [0.1, 0.15) is 45.4 Å². The van der Waals surface area contributed by atoms with E-state index in [1.165, 1.54) is 19.2 Å². The first kappa shape index (κ1) is 16.8. The Hall–Kier alpha value is -1.56. The Kier molecular flexibility index (Phi) is 5.45. The highest BCUT2D eigenvalue weighted by Crippen LogP contribution is 2.29. The van der Waals surface area contributed by atoms with Gasteiger partial charge in [-0.05, 0) is 37.1 Å². The van der Waals surface area contributed by atoms with Crippen LogP contribution >= 0.6 is 0 Å². The highest BCUT2D eigenvalue weighted by molar-refractivity contribution is 7.89. The molecule has 6 heteroatoms. The van der Waals surface area contributed by atoms with E-state index in [9.17, 15) is 13.2 Å². The number of methoxy groups -OCH3 is 1. The van der Waals surface area contributed by atoms with Gasteiger partial charge >= 0.3 is 0 Å². The molecule has 1 aromatic carbocycles. The van der Waals surface area contributed by atoms with Gasteiger partial charge in [0.2, 0.25) is 5.91 Å². The topological polar surface area (TPSA) is 63.7 Å². The standard InChI is InChI=1S/C16H23NO4S/c1-3-16(18)17(13-7-5-4-6-8-13)22(19,20)15-11-9-14(21-2)10-12-15/h9-13H,3-8H2,1-2H3. The fourth-order valence-electron chi connectivity index (χ4n) is 2.87. The Morgan fingerprint density at radius 3 is 2.27 bits per heavy atom. The highest BCUT2D eigenvalue weighted by Gasteiger charge is 2.35. The van der Waals surface area contributed by atoms with Crippen molar-refractivity contribution in [1.29, 1.82) is 0 Å². The first-order chi connectivity index (χ1) is 10.5. The molecule has 2 rings (SSSR count). The van der Waals surface area contributed by atoms with E-state index in [-0.39, 0.29) is 23.3 Å². The smallest absolute Gasteiger partial charge is 0.266 e. The number of sulfonamides is 1. The largest absolute Gasteiger partial charge is 0.497 e. The number of carbonyl (C=O) groups is 1. The maximum absolute atomic E-state index is 12.9. The van der Waals surface area contributed by atoms with Gasteiger partial charge in [0.25, 0.3) is 10.0 Å². The minimum atomic E-state index is -3.81. The van der Waals surface area contributed by atoms with Crippen molar-refractivity contribution in [3.05, 3.63) is 24.3 Å². The van der Waals surface area contributed by atoms with Crippen LogP contribution < -0.4 is 4.74 Å². The summed E-state index contributed by atoms with van der Waals surface area (Å²) in [4.78, 5) is 12.4. The Labute approximate surface area is 132 Å². The Bertz CT molecular complexity index is 604. The first-order valence-corrected chi connectivity index (χ1v) is 9.16. The molecule has 1 amide bonds. The van der Waals surface area contributed by atoms with Crippen molar-refractivity contribution in [3.63, 3.8) is 0 Å². The molecule has 0 N–H and O–H groups in total. The third-order valence-electron chi connectivity index (χ3n) is 4.07. The molecule has 0 spiro atoms. The highest BCUT2D eigenvalue weighted by atomic mass is 32.2. The molecule has 0 unspecified atom stereocenters. The molecular weight excluding hydrogens is 302 g/mol. The Morgan fingerprint density at radius 1 is 1.18 bits per heavy atom. The normalized spacial score (nSPS) is 16.3. The zero-order valence-corrected chi connectivity index (χ0v) is 13.9. The van der Waals surface area contributed by atoms with E-state index in [2.05, 4.69) is 0 Å². The maximum Gasteiger partial charge on any atom is 0.266 e. The van der Waals surface area contributed by atoms with Gasteiger partial charge in [-0.3, -0.25) is 4.79 Å². The second-order valence-electron chi connectivity index (χ2n) is 5.52. The van der Waals surface area contributed by atoms with Crippen LogP contribution in [0.4, 0.5) is 0 Å². The van der Waals surface area contributed by atoms with Crippen molar-refractivity contribution in [2.24, 2.45) is 0 Å². The first-order valence-electron chi connectivity index (χ1n) is 7.72. The van der Waals surface area contributed by atoms with E-state index >= 15 is 0 Å². The summed E-state index contributed by atoms with van der Waals surface area (Å²) >= 11 is 0. The lowest BCUT2D eigenvalue weighted by Gasteiger charge is -2.33.